The molecule has 0 saturated heterocycles. The normalized spacial score (nSPS) is 13.0. The Labute approximate surface area is 118 Å². The number of hydrogen-bond donors (Lipinski definition) is 2. The van der Waals surface area contributed by atoms with Crippen LogP contribution in [0, 0.1) is 0 Å². The summed E-state index contributed by atoms with van der Waals surface area (Å²) in [5, 5.41) is -1.03. The lowest BCUT2D eigenvalue weighted by Gasteiger charge is -2.32. The van der Waals surface area contributed by atoms with E-state index < -0.39 is 12.8 Å². The molecule has 0 aliphatic rings. The average Bonchev–Trinajstić information content (AvgIpc) is 2.26. The van der Waals surface area contributed by atoms with Gasteiger partial charge in [0.15, 0.2) is 0 Å². The molecule has 7 heteroatoms. The van der Waals surface area contributed by atoms with Crippen LogP contribution < -0.4 is 0 Å². The lowest BCUT2D eigenvalue weighted by molar-refractivity contribution is 0.325. The molecule has 0 atom stereocenters. The highest BCUT2D eigenvalue weighted by molar-refractivity contribution is 7.99. The van der Waals surface area contributed by atoms with Crippen molar-refractivity contribution >= 4 is 42.7 Å². The van der Waals surface area contributed by atoms with E-state index in [1.165, 1.54) is 0 Å². The minimum atomic E-state index is -4.15. The zero-order valence-electron chi connectivity index (χ0n) is 10.4. The molecule has 0 unspecified atom stereocenters. The molecule has 0 aliphatic carbocycles. The fourth-order valence-corrected chi connectivity index (χ4v) is 5.09. The molecule has 104 valence electrons. The summed E-state index contributed by atoms with van der Waals surface area (Å²) in [5.41, 5.74) is 0. The van der Waals surface area contributed by atoms with Crippen molar-refractivity contribution in [1.29, 1.82) is 0 Å². The Kier molecular flexibility index (Phi) is 9.72. The molecular weight excluding hydrogens is 299 g/mol. The summed E-state index contributed by atoms with van der Waals surface area (Å²) in [6, 6.07) is 0. The van der Waals surface area contributed by atoms with Gasteiger partial charge >= 0.3 is 7.60 Å². The molecule has 0 spiro atoms. The van der Waals surface area contributed by atoms with E-state index in [-0.39, 0.29) is 5.88 Å². The van der Waals surface area contributed by atoms with Gasteiger partial charge in [0.25, 0.3) is 0 Å². The van der Waals surface area contributed by atoms with Gasteiger partial charge in [-0.05, 0) is 35.9 Å². The number of halogens is 1. The second-order valence-electron chi connectivity index (χ2n) is 3.80. The van der Waals surface area contributed by atoms with Gasteiger partial charge in [0.1, 0.15) is 0 Å². The van der Waals surface area contributed by atoms with E-state index in [9.17, 15) is 14.4 Å². The van der Waals surface area contributed by atoms with E-state index in [2.05, 4.69) is 0 Å². The molecule has 0 aromatic heterocycles. The van der Waals surface area contributed by atoms with Crippen LogP contribution >= 0.6 is 42.7 Å². The summed E-state index contributed by atoms with van der Waals surface area (Å²) in [4.78, 5) is 19.1. The quantitative estimate of drug-likeness (QED) is 0.367. The lowest BCUT2D eigenvalue weighted by Crippen LogP contribution is -2.33. The lowest BCUT2D eigenvalue weighted by atomic mass is 10.1. The largest absolute Gasteiger partial charge is 0.332 e. The number of alkyl halides is 1. The van der Waals surface area contributed by atoms with Crippen LogP contribution in [0.15, 0.2) is 0 Å². The third-order valence-corrected chi connectivity index (χ3v) is 7.04. The third-order valence-electron chi connectivity index (χ3n) is 2.70. The monoisotopic (exact) mass is 320 g/mol. The summed E-state index contributed by atoms with van der Waals surface area (Å²) in [7, 11) is -4.15. The van der Waals surface area contributed by atoms with Crippen LogP contribution in [0.25, 0.3) is 0 Å². The molecule has 0 amide bonds. The second-order valence-corrected chi connectivity index (χ2v) is 8.89. The number of rotatable bonds is 10. The SMILES string of the molecule is CCSCCC(CCl)(CCSCC)P(=O)(O)O. The highest BCUT2D eigenvalue weighted by atomic mass is 35.5. The van der Waals surface area contributed by atoms with E-state index in [1.54, 1.807) is 23.5 Å². The van der Waals surface area contributed by atoms with Crippen molar-refractivity contribution in [1.82, 2.24) is 0 Å². The standard InChI is InChI=1S/C10H22ClO3PS2/c1-3-16-7-5-10(9-11,15(12,13)14)6-8-17-4-2/h3-9H2,1-2H3,(H2,12,13,14). The molecule has 0 rings (SSSR count). The Balaban J connectivity index is 4.58. The minimum Gasteiger partial charge on any atom is -0.324 e. The van der Waals surface area contributed by atoms with E-state index >= 15 is 0 Å². The number of hydrogen-bond acceptors (Lipinski definition) is 3. The molecule has 0 bridgehead atoms. The van der Waals surface area contributed by atoms with Crippen molar-refractivity contribution in [3.8, 4) is 0 Å². The van der Waals surface area contributed by atoms with Crippen molar-refractivity contribution in [2.24, 2.45) is 0 Å². The molecule has 17 heavy (non-hydrogen) atoms. The maximum atomic E-state index is 11.7. The Bertz CT molecular complexity index is 238. The zero-order valence-corrected chi connectivity index (χ0v) is 13.7. The first-order valence-electron chi connectivity index (χ1n) is 5.70. The molecule has 0 aromatic rings. The summed E-state index contributed by atoms with van der Waals surface area (Å²) < 4.78 is 11.7. The Morgan fingerprint density at radius 2 is 1.53 bits per heavy atom. The first-order chi connectivity index (χ1) is 7.93. The molecule has 0 heterocycles. The van der Waals surface area contributed by atoms with Crippen LogP contribution in [-0.4, -0.2) is 43.8 Å². The molecule has 0 aromatic carbocycles. The summed E-state index contributed by atoms with van der Waals surface area (Å²) >= 11 is 9.25. The molecule has 0 saturated carbocycles. The molecule has 0 fully saturated rings. The van der Waals surface area contributed by atoms with Gasteiger partial charge in [-0.1, -0.05) is 13.8 Å². The molecule has 3 nitrogen and oxygen atoms in total. The zero-order chi connectivity index (χ0) is 13.4. The van der Waals surface area contributed by atoms with Crippen molar-refractivity contribution in [2.45, 2.75) is 31.8 Å². The van der Waals surface area contributed by atoms with E-state index in [4.69, 9.17) is 11.6 Å². The molecule has 0 aliphatic heterocycles. The topological polar surface area (TPSA) is 57.5 Å². The van der Waals surface area contributed by atoms with Gasteiger partial charge in [0, 0.05) is 5.88 Å². The maximum absolute atomic E-state index is 11.7. The average molecular weight is 321 g/mol. The van der Waals surface area contributed by atoms with Crippen molar-refractivity contribution in [3.63, 3.8) is 0 Å². The van der Waals surface area contributed by atoms with Crippen LogP contribution in [0.3, 0.4) is 0 Å². The second kappa shape index (κ2) is 9.11. The fourth-order valence-electron chi connectivity index (χ4n) is 1.44. The molecule has 0 radical (unpaired) electrons. The van der Waals surface area contributed by atoms with Gasteiger partial charge in [-0.25, -0.2) is 0 Å². The summed E-state index contributed by atoms with van der Waals surface area (Å²) in [6.07, 6.45) is 0.979. The highest BCUT2D eigenvalue weighted by Gasteiger charge is 2.45. The minimum absolute atomic E-state index is 0.0336. The predicted octanol–water partition coefficient (Wildman–Crippen LogP) is 3.43. The van der Waals surface area contributed by atoms with E-state index in [0.29, 0.717) is 12.8 Å². The van der Waals surface area contributed by atoms with E-state index in [1.807, 2.05) is 13.8 Å². The van der Waals surface area contributed by atoms with Crippen LogP contribution in [0.5, 0.6) is 0 Å². The first kappa shape index (κ1) is 18.1. The van der Waals surface area contributed by atoms with Gasteiger partial charge in [-0.2, -0.15) is 23.5 Å². The van der Waals surface area contributed by atoms with Crippen molar-refractivity contribution < 1.29 is 14.4 Å². The summed E-state index contributed by atoms with van der Waals surface area (Å²) in [6.45, 7) is 4.08. The van der Waals surface area contributed by atoms with Crippen LogP contribution in [0.2, 0.25) is 0 Å². The summed E-state index contributed by atoms with van der Waals surface area (Å²) in [5.74, 6) is 3.47. The fraction of sp³-hybridized carbons (Fsp3) is 1.00. The van der Waals surface area contributed by atoms with Gasteiger partial charge in [-0.15, -0.1) is 11.6 Å². The smallest absolute Gasteiger partial charge is 0.324 e. The van der Waals surface area contributed by atoms with Crippen molar-refractivity contribution in [3.05, 3.63) is 0 Å². The van der Waals surface area contributed by atoms with E-state index in [0.717, 1.165) is 23.0 Å². The third kappa shape index (κ3) is 6.22. The highest BCUT2D eigenvalue weighted by Crippen LogP contribution is 2.55. The molecule has 2 N–H and O–H groups in total. The van der Waals surface area contributed by atoms with Crippen molar-refractivity contribution in [2.75, 3.05) is 28.9 Å². The predicted molar refractivity (Wildman–Crippen MR) is 80.7 cm³/mol. The molecular formula is C10H22ClO3PS2. The number of thioether (sulfide) groups is 2. The van der Waals surface area contributed by atoms with Crippen LogP contribution in [0.4, 0.5) is 0 Å². The first-order valence-corrected chi connectivity index (χ1v) is 10.2. The van der Waals surface area contributed by atoms with Gasteiger partial charge < -0.3 is 9.79 Å². The Morgan fingerprint density at radius 3 is 1.76 bits per heavy atom. The Morgan fingerprint density at radius 1 is 1.12 bits per heavy atom. The van der Waals surface area contributed by atoms with Gasteiger partial charge in [-0.3, -0.25) is 4.57 Å². The van der Waals surface area contributed by atoms with Crippen LogP contribution in [-0.2, 0) is 4.57 Å². The van der Waals surface area contributed by atoms with Gasteiger partial charge in [0.2, 0.25) is 0 Å². The Hall–Kier alpha value is 1.14. The maximum Gasteiger partial charge on any atom is 0.332 e. The van der Waals surface area contributed by atoms with Gasteiger partial charge in [0.05, 0.1) is 5.16 Å². The van der Waals surface area contributed by atoms with Crippen LogP contribution in [0.1, 0.15) is 26.7 Å².